The number of hydrogen-bond acceptors (Lipinski definition) is 2. The maximum absolute atomic E-state index is 13.3. The van der Waals surface area contributed by atoms with E-state index in [0.29, 0.717) is 0 Å². The maximum atomic E-state index is 13.3. The molecule has 0 spiro atoms. The molecule has 0 amide bonds. The molecule has 0 radical (unpaired) electrons. The summed E-state index contributed by atoms with van der Waals surface area (Å²) >= 11 is 0. The number of hydrogen-bond donors (Lipinski definition) is 0. The first kappa shape index (κ1) is 13.1. The second-order valence-corrected chi connectivity index (χ2v) is 3.74. The van der Waals surface area contributed by atoms with Crippen molar-refractivity contribution in [3.05, 3.63) is 65.5 Å². The minimum Gasteiger partial charge on any atom is -0.479 e. The number of ketones is 1. The van der Waals surface area contributed by atoms with Gasteiger partial charge in [0.1, 0.15) is 5.82 Å². The molecule has 0 bridgehead atoms. The Labute approximate surface area is 107 Å². The van der Waals surface area contributed by atoms with Gasteiger partial charge in [0, 0.05) is 0 Å². The number of carbonyl (C=O) groups is 1. The molecule has 19 heavy (non-hydrogen) atoms. The van der Waals surface area contributed by atoms with Crippen molar-refractivity contribution in [1.82, 2.24) is 0 Å². The minimum atomic E-state index is -0.915. The minimum absolute atomic E-state index is 0.181. The highest BCUT2D eigenvalue weighted by Crippen LogP contribution is 2.21. The van der Waals surface area contributed by atoms with Gasteiger partial charge in [-0.25, -0.2) is 13.2 Å². The van der Waals surface area contributed by atoms with Crippen molar-refractivity contribution in [2.24, 2.45) is 0 Å². The number of halogens is 3. The molecule has 2 rings (SSSR count). The van der Waals surface area contributed by atoms with E-state index in [9.17, 15) is 18.0 Å². The van der Waals surface area contributed by atoms with Gasteiger partial charge in [-0.3, -0.25) is 4.79 Å². The molecule has 2 aromatic rings. The van der Waals surface area contributed by atoms with Gasteiger partial charge >= 0.3 is 0 Å². The predicted molar refractivity (Wildman–Crippen MR) is 62.6 cm³/mol. The first-order valence-corrected chi connectivity index (χ1v) is 5.44. The van der Waals surface area contributed by atoms with Crippen LogP contribution in [0.3, 0.4) is 0 Å². The molecule has 0 unspecified atom stereocenters. The van der Waals surface area contributed by atoms with Crippen molar-refractivity contribution in [3.8, 4) is 5.75 Å². The Bertz CT molecular complexity index is 591. The summed E-state index contributed by atoms with van der Waals surface area (Å²) in [6.45, 7) is -0.640. The Morgan fingerprint density at radius 3 is 2.11 bits per heavy atom. The molecule has 0 aliphatic rings. The molecule has 0 fully saturated rings. The summed E-state index contributed by atoms with van der Waals surface area (Å²) in [6, 6.07) is 8.51. The van der Waals surface area contributed by atoms with Gasteiger partial charge in [-0.05, 0) is 24.3 Å². The van der Waals surface area contributed by atoms with E-state index in [1.54, 1.807) is 0 Å². The SMILES string of the molecule is O=C(COc1c(F)cccc1F)c1ccccc1F. The molecule has 0 saturated heterocycles. The highest BCUT2D eigenvalue weighted by atomic mass is 19.1. The van der Waals surface area contributed by atoms with Crippen molar-refractivity contribution in [2.75, 3.05) is 6.61 Å². The van der Waals surface area contributed by atoms with Crippen LogP contribution in [0.1, 0.15) is 10.4 Å². The number of ether oxygens (including phenoxy) is 1. The van der Waals surface area contributed by atoms with E-state index in [-0.39, 0.29) is 5.56 Å². The van der Waals surface area contributed by atoms with Gasteiger partial charge in [0.2, 0.25) is 5.78 Å². The van der Waals surface area contributed by atoms with Gasteiger partial charge in [-0.1, -0.05) is 18.2 Å². The fourth-order valence-electron chi connectivity index (χ4n) is 1.52. The van der Waals surface area contributed by atoms with Crippen molar-refractivity contribution in [1.29, 1.82) is 0 Å². The molecule has 0 N–H and O–H groups in total. The monoisotopic (exact) mass is 266 g/mol. The van der Waals surface area contributed by atoms with Gasteiger partial charge in [-0.2, -0.15) is 0 Å². The van der Waals surface area contributed by atoms with Crippen LogP contribution >= 0.6 is 0 Å². The van der Waals surface area contributed by atoms with Crippen LogP contribution in [-0.2, 0) is 0 Å². The Morgan fingerprint density at radius 2 is 1.47 bits per heavy atom. The van der Waals surface area contributed by atoms with Crippen LogP contribution in [0.4, 0.5) is 13.2 Å². The molecule has 0 aliphatic carbocycles. The van der Waals surface area contributed by atoms with E-state index in [2.05, 4.69) is 0 Å². The van der Waals surface area contributed by atoms with Crippen LogP contribution in [0.5, 0.6) is 5.75 Å². The number of carbonyl (C=O) groups excluding carboxylic acids is 1. The van der Waals surface area contributed by atoms with Crippen LogP contribution in [0.15, 0.2) is 42.5 Å². The smallest absolute Gasteiger partial charge is 0.203 e. The lowest BCUT2D eigenvalue weighted by Gasteiger charge is -2.07. The quantitative estimate of drug-likeness (QED) is 0.793. The van der Waals surface area contributed by atoms with Crippen molar-refractivity contribution in [2.45, 2.75) is 0 Å². The van der Waals surface area contributed by atoms with E-state index >= 15 is 0 Å². The third-order valence-corrected chi connectivity index (χ3v) is 2.44. The van der Waals surface area contributed by atoms with Gasteiger partial charge < -0.3 is 4.74 Å². The zero-order chi connectivity index (χ0) is 13.8. The summed E-state index contributed by atoms with van der Waals surface area (Å²) in [4.78, 5) is 11.7. The molecule has 2 nitrogen and oxygen atoms in total. The summed E-state index contributed by atoms with van der Waals surface area (Å²) in [7, 11) is 0. The normalized spacial score (nSPS) is 10.3. The lowest BCUT2D eigenvalue weighted by atomic mass is 10.1. The highest BCUT2D eigenvalue weighted by molar-refractivity contribution is 5.97. The second kappa shape index (κ2) is 5.56. The predicted octanol–water partition coefficient (Wildman–Crippen LogP) is 3.37. The molecule has 0 atom stereocenters. The molecule has 0 saturated carbocycles. The summed E-state index contributed by atoms with van der Waals surface area (Å²) in [5.41, 5.74) is -0.181. The maximum Gasteiger partial charge on any atom is 0.203 e. The van der Waals surface area contributed by atoms with E-state index in [1.807, 2.05) is 0 Å². The zero-order valence-electron chi connectivity index (χ0n) is 9.70. The summed E-state index contributed by atoms with van der Waals surface area (Å²) in [5.74, 6) is -3.87. The molecular weight excluding hydrogens is 257 g/mol. The fourth-order valence-corrected chi connectivity index (χ4v) is 1.52. The fraction of sp³-hybridized carbons (Fsp3) is 0.0714. The molecule has 98 valence electrons. The van der Waals surface area contributed by atoms with Gasteiger partial charge in [0.15, 0.2) is 24.0 Å². The molecule has 5 heteroatoms. The van der Waals surface area contributed by atoms with E-state index in [4.69, 9.17) is 4.74 Å². The number of rotatable bonds is 4. The molecule has 2 aromatic carbocycles. The molecular formula is C14H9F3O2. The van der Waals surface area contributed by atoms with Gasteiger partial charge in [-0.15, -0.1) is 0 Å². The third kappa shape index (κ3) is 2.93. The Balaban J connectivity index is 2.11. The average Bonchev–Trinajstić information content (AvgIpc) is 2.38. The number of benzene rings is 2. The lowest BCUT2D eigenvalue weighted by Crippen LogP contribution is -2.14. The third-order valence-electron chi connectivity index (χ3n) is 2.44. The van der Waals surface area contributed by atoms with Crippen LogP contribution < -0.4 is 4.74 Å². The Hall–Kier alpha value is -2.30. The molecule has 0 aromatic heterocycles. The molecule has 0 heterocycles. The summed E-state index contributed by atoms with van der Waals surface area (Å²) in [5, 5.41) is 0. The van der Waals surface area contributed by atoms with Gasteiger partial charge in [0.05, 0.1) is 5.56 Å². The second-order valence-electron chi connectivity index (χ2n) is 3.74. The first-order chi connectivity index (χ1) is 9.09. The average molecular weight is 266 g/mol. The summed E-state index contributed by atoms with van der Waals surface area (Å²) in [6.07, 6.45) is 0. The Kier molecular flexibility index (Phi) is 3.85. The van der Waals surface area contributed by atoms with E-state index in [0.717, 1.165) is 18.2 Å². The first-order valence-electron chi connectivity index (χ1n) is 5.44. The van der Waals surface area contributed by atoms with E-state index in [1.165, 1.54) is 24.3 Å². The van der Waals surface area contributed by atoms with Crippen LogP contribution in [0.2, 0.25) is 0 Å². The zero-order valence-corrected chi connectivity index (χ0v) is 9.70. The highest BCUT2D eigenvalue weighted by Gasteiger charge is 2.15. The standard InChI is InChI=1S/C14H9F3O2/c15-10-5-2-1-4-9(10)13(18)8-19-14-11(16)6-3-7-12(14)17/h1-7H,8H2. The largest absolute Gasteiger partial charge is 0.479 e. The van der Waals surface area contributed by atoms with Crippen molar-refractivity contribution >= 4 is 5.78 Å². The van der Waals surface area contributed by atoms with Crippen LogP contribution in [-0.4, -0.2) is 12.4 Å². The number of para-hydroxylation sites is 1. The number of Topliss-reactive ketones (excluding diaryl/α,β-unsaturated/α-hetero) is 1. The van der Waals surface area contributed by atoms with Crippen LogP contribution in [0, 0.1) is 17.5 Å². The van der Waals surface area contributed by atoms with Gasteiger partial charge in [0.25, 0.3) is 0 Å². The van der Waals surface area contributed by atoms with Crippen LogP contribution in [0.25, 0.3) is 0 Å². The summed E-state index contributed by atoms with van der Waals surface area (Å²) < 4.78 is 44.5. The molecule has 0 aliphatic heterocycles. The van der Waals surface area contributed by atoms with E-state index < -0.39 is 35.6 Å². The lowest BCUT2D eigenvalue weighted by molar-refractivity contribution is 0.0911. The van der Waals surface area contributed by atoms with Crippen molar-refractivity contribution in [3.63, 3.8) is 0 Å². The van der Waals surface area contributed by atoms with Crippen molar-refractivity contribution < 1.29 is 22.7 Å². The Morgan fingerprint density at radius 1 is 0.895 bits per heavy atom. The topological polar surface area (TPSA) is 26.3 Å².